The molecular formula is C18H26N2O. The van der Waals surface area contributed by atoms with E-state index in [2.05, 4.69) is 37.5 Å². The largest absolute Gasteiger partial charge is 0.323 e. The molecule has 0 bridgehead atoms. The quantitative estimate of drug-likeness (QED) is 0.793. The van der Waals surface area contributed by atoms with Crippen LogP contribution in [0.2, 0.25) is 0 Å². The number of amides is 2. The van der Waals surface area contributed by atoms with Crippen LogP contribution in [0.4, 0.5) is 10.5 Å². The maximum Gasteiger partial charge on any atom is 0.323 e. The number of benzene rings is 1. The van der Waals surface area contributed by atoms with E-state index in [1.807, 2.05) is 24.4 Å². The van der Waals surface area contributed by atoms with Crippen molar-refractivity contribution in [3.05, 3.63) is 41.6 Å². The summed E-state index contributed by atoms with van der Waals surface area (Å²) in [5, 5.41) is 5.83. The second-order valence-corrected chi connectivity index (χ2v) is 6.76. The van der Waals surface area contributed by atoms with E-state index in [9.17, 15) is 4.79 Å². The van der Waals surface area contributed by atoms with Gasteiger partial charge in [-0.15, -0.1) is 0 Å². The van der Waals surface area contributed by atoms with Crippen molar-refractivity contribution >= 4 is 11.7 Å². The van der Waals surface area contributed by atoms with E-state index in [-0.39, 0.29) is 11.4 Å². The molecule has 0 saturated heterocycles. The maximum atomic E-state index is 12.1. The molecule has 0 aromatic heterocycles. The summed E-state index contributed by atoms with van der Waals surface area (Å²) in [5.74, 6) is 0. The molecule has 1 aromatic rings. The normalized spacial score (nSPS) is 15.5. The minimum atomic E-state index is -0.162. The molecule has 21 heavy (non-hydrogen) atoms. The minimum Gasteiger partial charge on any atom is -0.314 e. The lowest BCUT2D eigenvalue weighted by Gasteiger charge is -2.23. The fourth-order valence-electron chi connectivity index (χ4n) is 2.72. The molecule has 0 radical (unpaired) electrons. The molecule has 1 aliphatic carbocycles. The summed E-state index contributed by atoms with van der Waals surface area (Å²) < 4.78 is 0. The summed E-state index contributed by atoms with van der Waals surface area (Å²) in [6, 6.07) is 7.81. The number of allylic oxidation sites excluding steroid dienone is 1. The number of para-hydroxylation sites is 1. The molecule has 3 nitrogen and oxygen atoms in total. The average Bonchev–Trinajstić information content (AvgIpc) is 2.46. The molecule has 2 amide bonds. The number of anilines is 1. The molecule has 2 N–H and O–H groups in total. The number of hydrogen-bond acceptors (Lipinski definition) is 1. The summed E-state index contributed by atoms with van der Waals surface area (Å²) >= 11 is 0. The minimum absolute atomic E-state index is 0.00566. The van der Waals surface area contributed by atoms with Crippen LogP contribution in [-0.4, -0.2) is 6.03 Å². The van der Waals surface area contributed by atoms with Crippen LogP contribution < -0.4 is 10.6 Å². The Morgan fingerprint density at radius 2 is 1.76 bits per heavy atom. The lowest BCUT2D eigenvalue weighted by molar-refractivity contribution is 0.255. The zero-order valence-electron chi connectivity index (χ0n) is 13.3. The highest BCUT2D eigenvalue weighted by Crippen LogP contribution is 2.29. The Labute approximate surface area is 127 Å². The van der Waals surface area contributed by atoms with E-state index < -0.39 is 0 Å². The van der Waals surface area contributed by atoms with Crippen LogP contribution in [-0.2, 0) is 5.41 Å². The molecule has 1 fully saturated rings. The fraction of sp³-hybridized carbons (Fsp3) is 0.500. The second-order valence-electron chi connectivity index (χ2n) is 6.76. The van der Waals surface area contributed by atoms with Crippen LogP contribution in [0.5, 0.6) is 0 Å². The van der Waals surface area contributed by atoms with Gasteiger partial charge in [0.1, 0.15) is 0 Å². The van der Waals surface area contributed by atoms with Crippen LogP contribution in [0.15, 0.2) is 36.0 Å². The summed E-state index contributed by atoms with van der Waals surface area (Å²) in [5.41, 5.74) is 3.38. The molecule has 0 heterocycles. The predicted octanol–water partition coefficient (Wildman–Crippen LogP) is 4.95. The van der Waals surface area contributed by atoms with Gasteiger partial charge in [0.2, 0.25) is 0 Å². The van der Waals surface area contributed by atoms with Crippen molar-refractivity contribution < 1.29 is 4.79 Å². The molecule has 1 saturated carbocycles. The van der Waals surface area contributed by atoms with Crippen LogP contribution in [0.3, 0.4) is 0 Å². The summed E-state index contributed by atoms with van der Waals surface area (Å²) in [6.07, 6.45) is 7.89. The standard InChI is InChI=1S/C18H26N2O/c1-18(2,3)15-11-7-8-12-16(15)20-17(21)19-13-14-9-5-4-6-10-14/h7-8,11-13H,4-6,9-10H2,1-3H3,(H2,19,20,21). The van der Waals surface area contributed by atoms with Gasteiger partial charge in [-0.2, -0.15) is 0 Å². The van der Waals surface area contributed by atoms with Gasteiger partial charge < -0.3 is 10.6 Å². The molecular weight excluding hydrogens is 260 g/mol. The first-order valence-electron chi connectivity index (χ1n) is 7.82. The molecule has 0 aliphatic heterocycles. The SMILES string of the molecule is CC(C)(C)c1ccccc1NC(=O)NC=C1CCCCC1. The third kappa shape index (κ3) is 4.62. The molecule has 2 rings (SSSR count). The maximum absolute atomic E-state index is 12.1. The van der Waals surface area contributed by atoms with Crippen molar-refractivity contribution in [3.63, 3.8) is 0 Å². The zero-order valence-corrected chi connectivity index (χ0v) is 13.3. The van der Waals surface area contributed by atoms with E-state index >= 15 is 0 Å². The second kappa shape index (κ2) is 6.79. The topological polar surface area (TPSA) is 41.1 Å². The molecule has 1 aromatic carbocycles. The zero-order chi connectivity index (χ0) is 15.3. The smallest absolute Gasteiger partial charge is 0.314 e. The predicted molar refractivity (Wildman–Crippen MR) is 88.5 cm³/mol. The molecule has 3 heteroatoms. The molecule has 0 atom stereocenters. The van der Waals surface area contributed by atoms with E-state index in [0.717, 1.165) is 24.1 Å². The van der Waals surface area contributed by atoms with Gasteiger partial charge in [-0.3, -0.25) is 0 Å². The third-order valence-electron chi connectivity index (χ3n) is 3.89. The Morgan fingerprint density at radius 1 is 1.10 bits per heavy atom. The van der Waals surface area contributed by atoms with Crippen molar-refractivity contribution in [3.8, 4) is 0 Å². The van der Waals surface area contributed by atoms with Crippen molar-refractivity contribution in [2.24, 2.45) is 0 Å². The number of carbonyl (C=O) groups excluding carboxylic acids is 1. The van der Waals surface area contributed by atoms with E-state index in [1.54, 1.807) is 0 Å². The first kappa shape index (κ1) is 15.6. The number of urea groups is 1. The lowest BCUT2D eigenvalue weighted by atomic mass is 9.86. The number of rotatable bonds is 2. The van der Waals surface area contributed by atoms with Crippen molar-refractivity contribution in [2.45, 2.75) is 58.3 Å². The summed E-state index contributed by atoms with van der Waals surface area (Å²) in [6.45, 7) is 6.44. The Balaban J connectivity index is 2.00. The number of nitrogens with one attached hydrogen (secondary N) is 2. The monoisotopic (exact) mass is 286 g/mol. The molecule has 0 unspecified atom stereocenters. The highest BCUT2D eigenvalue weighted by Gasteiger charge is 2.18. The van der Waals surface area contributed by atoms with Crippen molar-refractivity contribution in [1.29, 1.82) is 0 Å². The number of hydrogen-bond donors (Lipinski definition) is 2. The first-order chi connectivity index (χ1) is 9.97. The summed E-state index contributed by atoms with van der Waals surface area (Å²) in [7, 11) is 0. The summed E-state index contributed by atoms with van der Waals surface area (Å²) in [4.78, 5) is 12.1. The lowest BCUT2D eigenvalue weighted by Crippen LogP contribution is -2.26. The molecule has 114 valence electrons. The Kier molecular flexibility index (Phi) is 5.05. The van der Waals surface area contributed by atoms with Crippen LogP contribution in [0, 0.1) is 0 Å². The molecule has 0 spiro atoms. The number of carbonyl (C=O) groups is 1. The van der Waals surface area contributed by atoms with Crippen LogP contribution in [0.25, 0.3) is 0 Å². The van der Waals surface area contributed by atoms with Crippen molar-refractivity contribution in [1.82, 2.24) is 5.32 Å². The Morgan fingerprint density at radius 3 is 2.43 bits per heavy atom. The van der Waals surface area contributed by atoms with Crippen molar-refractivity contribution in [2.75, 3.05) is 5.32 Å². The van der Waals surface area contributed by atoms with Crippen LogP contribution in [0.1, 0.15) is 58.4 Å². The van der Waals surface area contributed by atoms with Gasteiger partial charge in [-0.1, -0.05) is 51.0 Å². The van der Waals surface area contributed by atoms with Gasteiger partial charge in [0.15, 0.2) is 0 Å². The van der Waals surface area contributed by atoms with Gasteiger partial charge in [-0.25, -0.2) is 4.79 Å². The van der Waals surface area contributed by atoms with Gasteiger partial charge in [0, 0.05) is 11.9 Å². The Hall–Kier alpha value is -1.77. The van der Waals surface area contributed by atoms with E-state index in [4.69, 9.17) is 0 Å². The molecule has 1 aliphatic rings. The fourth-order valence-corrected chi connectivity index (χ4v) is 2.72. The van der Waals surface area contributed by atoms with Gasteiger partial charge in [0.25, 0.3) is 0 Å². The van der Waals surface area contributed by atoms with Gasteiger partial charge >= 0.3 is 6.03 Å². The first-order valence-corrected chi connectivity index (χ1v) is 7.82. The van der Waals surface area contributed by atoms with Gasteiger partial charge in [-0.05, 0) is 42.7 Å². The Bertz CT molecular complexity index is 518. The van der Waals surface area contributed by atoms with E-state index in [0.29, 0.717) is 0 Å². The van der Waals surface area contributed by atoms with E-state index in [1.165, 1.54) is 24.8 Å². The average molecular weight is 286 g/mol. The third-order valence-corrected chi connectivity index (χ3v) is 3.89. The highest BCUT2D eigenvalue weighted by atomic mass is 16.2. The highest BCUT2D eigenvalue weighted by molar-refractivity contribution is 5.91. The van der Waals surface area contributed by atoms with Crippen LogP contribution >= 0.6 is 0 Å². The van der Waals surface area contributed by atoms with Gasteiger partial charge in [0.05, 0.1) is 0 Å².